The van der Waals surface area contributed by atoms with Crippen LogP contribution in [0, 0.1) is 11.8 Å². The Balaban J connectivity index is 1.53. The summed E-state index contributed by atoms with van der Waals surface area (Å²) in [7, 11) is 0. The third-order valence-corrected chi connectivity index (χ3v) is 7.08. The average Bonchev–Trinajstić information content (AvgIpc) is 3.44. The van der Waals surface area contributed by atoms with Gasteiger partial charge in [0.1, 0.15) is 0 Å². The first-order valence-corrected chi connectivity index (χ1v) is 11.1. The van der Waals surface area contributed by atoms with E-state index in [1.165, 1.54) is 18.2 Å². The topological polar surface area (TPSA) is 80.8 Å². The molecular formula is C27H16F3NO5. The lowest BCUT2D eigenvalue weighted by molar-refractivity contribution is -0.137. The van der Waals surface area contributed by atoms with E-state index in [1.54, 1.807) is 42.5 Å². The van der Waals surface area contributed by atoms with Gasteiger partial charge in [0.15, 0.2) is 0 Å². The lowest BCUT2D eigenvalue weighted by atomic mass is 9.77. The molecule has 9 heteroatoms. The number of carbonyl (C=O) groups excluding carboxylic acids is 4. The average molecular weight is 491 g/mol. The standard InChI is InChI=1S/C27H16F3NO5/c28-27(29,30)15-9-6-10-16(13-15)31-24(34)19-20(25(31)35)26(36-21(19)14-7-2-1-3-8-14)22(32)17-11-4-5-12-18(17)23(26)33/h1-13,19-21H/t19-,20-,21+/m1/s1. The van der Waals surface area contributed by atoms with Crippen LogP contribution in [0.15, 0.2) is 78.9 Å². The Morgan fingerprint density at radius 3 is 1.97 bits per heavy atom. The molecule has 2 heterocycles. The second kappa shape index (κ2) is 7.44. The van der Waals surface area contributed by atoms with Gasteiger partial charge in [-0.25, -0.2) is 4.90 Å². The first kappa shape index (κ1) is 22.4. The fourth-order valence-electron chi connectivity index (χ4n) is 5.54. The van der Waals surface area contributed by atoms with Crippen molar-refractivity contribution in [2.45, 2.75) is 17.9 Å². The van der Waals surface area contributed by atoms with Crippen LogP contribution in [-0.2, 0) is 20.5 Å². The second-order valence-electron chi connectivity index (χ2n) is 8.95. The molecule has 3 atom stereocenters. The van der Waals surface area contributed by atoms with Crippen molar-refractivity contribution in [2.24, 2.45) is 11.8 Å². The van der Waals surface area contributed by atoms with Crippen LogP contribution in [0.5, 0.6) is 0 Å². The monoisotopic (exact) mass is 491 g/mol. The van der Waals surface area contributed by atoms with E-state index < -0.39 is 58.7 Å². The smallest absolute Gasteiger partial charge is 0.349 e. The number of imide groups is 1. The van der Waals surface area contributed by atoms with Gasteiger partial charge in [0.05, 0.1) is 29.2 Å². The molecule has 36 heavy (non-hydrogen) atoms. The van der Waals surface area contributed by atoms with Gasteiger partial charge in [0.2, 0.25) is 29.0 Å². The van der Waals surface area contributed by atoms with Crippen LogP contribution in [0.25, 0.3) is 0 Å². The summed E-state index contributed by atoms with van der Waals surface area (Å²) in [6, 6.07) is 18.2. The summed E-state index contributed by atoms with van der Waals surface area (Å²) in [5, 5.41) is 0. The number of benzene rings is 3. The number of ether oxygens (including phenoxy) is 1. The maximum Gasteiger partial charge on any atom is 0.416 e. The molecule has 2 fully saturated rings. The summed E-state index contributed by atoms with van der Waals surface area (Å²) in [5.74, 6) is -6.05. The van der Waals surface area contributed by atoms with Crippen LogP contribution in [0.1, 0.15) is 37.9 Å². The van der Waals surface area contributed by atoms with Crippen LogP contribution in [0.4, 0.5) is 18.9 Å². The maximum atomic E-state index is 13.8. The van der Waals surface area contributed by atoms with Gasteiger partial charge in [-0.05, 0) is 23.8 Å². The van der Waals surface area contributed by atoms with E-state index in [9.17, 15) is 32.3 Å². The molecule has 1 spiro atoms. The Hall–Kier alpha value is -4.11. The summed E-state index contributed by atoms with van der Waals surface area (Å²) < 4.78 is 46.2. The number of alkyl halides is 3. The minimum Gasteiger partial charge on any atom is -0.349 e. The van der Waals surface area contributed by atoms with Gasteiger partial charge in [-0.3, -0.25) is 19.2 Å². The van der Waals surface area contributed by atoms with Crippen molar-refractivity contribution in [3.05, 3.63) is 101 Å². The van der Waals surface area contributed by atoms with E-state index in [0.29, 0.717) is 16.5 Å². The number of hydrogen-bond donors (Lipinski definition) is 0. The summed E-state index contributed by atoms with van der Waals surface area (Å²) in [6.45, 7) is 0. The van der Waals surface area contributed by atoms with Crippen molar-refractivity contribution < 1.29 is 37.1 Å². The Kier molecular flexibility index (Phi) is 4.62. The summed E-state index contributed by atoms with van der Waals surface area (Å²) >= 11 is 0. The molecule has 0 unspecified atom stereocenters. The van der Waals surface area contributed by atoms with E-state index in [0.717, 1.165) is 12.1 Å². The van der Waals surface area contributed by atoms with Crippen molar-refractivity contribution in [3.8, 4) is 0 Å². The van der Waals surface area contributed by atoms with Gasteiger partial charge >= 0.3 is 6.18 Å². The fraction of sp³-hybridized carbons (Fsp3) is 0.185. The van der Waals surface area contributed by atoms with Crippen LogP contribution in [0.3, 0.4) is 0 Å². The minimum absolute atomic E-state index is 0.0766. The molecule has 0 aromatic heterocycles. The quantitative estimate of drug-likeness (QED) is 0.392. The lowest BCUT2D eigenvalue weighted by Crippen LogP contribution is -2.51. The van der Waals surface area contributed by atoms with Crippen LogP contribution in [-0.4, -0.2) is 29.0 Å². The molecule has 3 aromatic carbocycles. The van der Waals surface area contributed by atoms with E-state index in [1.807, 2.05) is 0 Å². The summed E-state index contributed by atoms with van der Waals surface area (Å²) in [4.78, 5) is 55.4. The number of amides is 2. The van der Waals surface area contributed by atoms with Crippen LogP contribution in [0.2, 0.25) is 0 Å². The highest BCUT2D eigenvalue weighted by atomic mass is 19.4. The zero-order chi connectivity index (χ0) is 25.4. The Bertz CT molecular complexity index is 1430. The van der Waals surface area contributed by atoms with Gasteiger partial charge in [-0.15, -0.1) is 0 Å². The third-order valence-electron chi connectivity index (χ3n) is 7.08. The highest BCUT2D eigenvalue weighted by Gasteiger charge is 2.74. The van der Waals surface area contributed by atoms with E-state index in [-0.39, 0.29) is 16.8 Å². The number of ketones is 2. The minimum atomic E-state index is -4.70. The van der Waals surface area contributed by atoms with Crippen molar-refractivity contribution >= 4 is 29.1 Å². The Labute approximate surface area is 202 Å². The van der Waals surface area contributed by atoms with Crippen molar-refractivity contribution in [3.63, 3.8) is 0 Å². The highest BCUT2D eigenvalue weighted by molar-refractivity contribution is 6.37. The normalized spacial score (nSPS) is 24.5. The van der Waals surface area contributed by atoms with Gasteiger partial charge in [-0.1, -0.05) is 60.7 Å². The molecule has 6 rings (SSSR count). The van der Waals surface area contributed by atoms with E-state index in [2.05, 4.69) is 0 Å². The van der Waals surface area contributed by atoms with E-state index >= 15 is 0 Å². The molecule has 1 aliphatic carbocycles. The second-order valence-corrected chi connectivity index (χ2v) is 8.95. The molecule has 0 bridgehead atoms. The molecule has 2 aliphatic heterocycles. The largest absolute Gasteiger partial charge is 0.416 e. The highest BCUT2D eigenvalue weighted by Crippen LogP contribution is 2.57. The van der Waals surface area contributed by atoms with Gasteiger partial charge in [0, 0.05) is 11.1 Å². The number of hydrogen-bond acceptors (Lipinski definition) is 5. The SMILES string of the molecule is O=C1[C@H]2[C@H](c3ccccc3)OC3(C(=O)c4ccccc4C3=O)[C@H]2C(=O)N1c1cccc(C(F)(F)F)c1. The fourth-order valence-corrected chi connectivity index (χ4v) is 5.54. The van der Waals surface area contributed by atoms with Crippen LogP contribution < -0.4 is 4.90 Å². The van der Waals surface area contributed by atoms with Crippen molar-refractivity contribution in [1.29, 1.82) is 0 Å². The van der Waals surface area contributed by atoms with Crippen molar-refractivity contribution in [1.82, 2.24) is 0 Å². The molecule has 6 nitrogen and oxygen atoms in total. The molecule has 0 N–H and O–H groups in total. The van der Waals surface area contributed by atoms with Gasteiger partial charge in [-0.2, -0.15) is 13.2 Å². The molecular weight excluding hydrogens is 475 g/mol. The number of anilines is 1. The molecule has 2 saturated heterocycles. The zero-order valence-electron chi connectivity index (χ0n) is 18.4. The molecule has 180 valence electrons. The zero-order valence-corrected chi connectivity index (χ0v) is 18.4. The number of rotatable bonds is 2. The van der Waals surface area contributed by atoms with Crippen LogP contribution >= 0.6 is 0 Å². The molecule has 3 aliphatic rings. The number of nitrogens with zero attached hydrogens (tertiary/aromatic N) is 1. The first-order valence-electron chi connectivity index (χ1n) is 11.1. The van der Waals surface area contributed by atoms with Gasteiger partial charge in [0.25, 0.3) is 0 Å². The lowest BCUT2D eigenvalue weighted by Gasteiger charge is -2.27. The predicted octanol–water partition coefficient (Wildman–Crippen LogP) is 4.40. The molecule has 0 saturated carbocycles. The Morgan fingerprint density at radius 2 is 1.36 bits per heavy atom. The predicted molar refractivity (Wildman–Crippen MR) is 119 cm³/mol. The summed E-state index contributed by atoms with van der Waals surface area (Å²) in [5.41, 5.74) is -2.98. The maximum absolute atomic E-state index is 13.8. The summed E-state index contributed by atoms with van der Waals surface area (Å²) in [6.07, 6.45) is -5.83. The molecule has 2 amide bonds. The third kappa shape index (κ3) is 2.83. The number of halogens is 3. The number of Topliss-reactive ketones (excluding diaryl/α,β-unsaturated/α-hetero) is 2. The van der Waals surface area contributed by atoms with Gasteiger partial charge < -0.3 is 4.74 Å². The molecule has 3 aromatic rings. The Morgan fingerprint density at radius 1 is 0.750 bits per heavy atom. The van der Waals surface area contributed by atoms with E-state index in [4.69, 9.17) is 4.74 Å². The number of carbonyl (C=O) groups is 4. The number of fused-ring (bicyclic) bond motifs is 3. The first-order chi connectivity index (χ1) is 17.2. The molecule has 0 radical (unpaired) electrons. The van der Waals surface area contributed by atoms with Crippen molar-refractivity contribution in [2.75, 3.05) is 4.90 Å².